The monoisotopic (exact) mass is 320 g/mol. The second kappa shape index (κ2) is 5.58. The maximum Gasteiger partial charge on any atom is 0.193 e. The Hall–Kier alpha value is -1.89. The van der Waals surface area contributed by atoms with Crippen molar-refractivity contribution in [3.63, 3.8) is 0 Å². The van der Waals surface area contributed by atoms with Gasteiger partial charge >= 0.3 is 0 Å². The van der Waals surface area contributed by atoms with Gasteiger partial charge in [-0.25, -0.2) is 0 Å². The summed E-state index contributed by atoms with van der Waals surface area (Å²) in [5.41, 5.74) is 6.96. The number of fused-ring (bicyclic) bond motifs is 1. The Morgan fingerprint density at radius 1 is 0.833 bits per heavy atom. The second-order valence-electron chi connectivity index (χ2n) is 8.68. The molecule has 1 aliphatic carbocycles. The molecule has 0 heterocycles. The van der Waals surface area contributed by atoms with Crippen LogP contribution in [0.15, 0.2) is 36.4 Å². The van der Waals surface area contributed by atoms with Crippen molar-refractivity contribution >= 4 is 5.78 Å². The Morgan fingerprint density at radius 3 is 1.88 bits per heavy atom. The van der Waals surface area contributed by atoms with E-state index in [9.17, 15) is 4.79 Å². The van der Waals surface area contributed by atoms with Crippen molar-refractivity contribution in [1.82, 2.24) is 0 Å². The summed E-state index contributed by atoms with van der Waals surface area (Å²) in [5.74, 6) is 0.134. The number of hydrogen-bond donors (Lipinski definition) is 0. The maximum absolute atomic E-state index is 13.0. The number of benzene rings is 2. The molecule has 0 fully saturated rings. The number of rotatable bonds is 2. The highest BCUT2D eigenvalue weighted by molar-refractivity contribution is 6.10. The molecule has 0 saturated carbocycles. The zero-order chi connectivity index (χ0) is 17.7. The third-order valence-corrected chi connectivity index (χ3v) is 5.76. The summed E-state index contributed by atoms with van der Waals surface area (Å²) in [5, 5.41) is 0. The van der Waals surface area contributed by atoms with E-state index in [2.05, 4.69) is 46.8 Å². The number of ketones is 1. The SMILES string of the molecule is Cc1ccc(C(=O)c2cc3c(cc2C)C(C)(C)CCC3(C)C)cc1. The summed E-state index contributed by atoms with van der Waals surface area (Å²) in [6.45, 7) is 13.4. The molecule has 0 aliphatic heterocycles. The lowest BCUT2D eigenvalue weighted by molar-refractivity contribution is 0.103. The predicted octanol–water partition coefficient (Wildman–Crippen LogP) is 5.88. The lowest BCUT2D eigenvalue weighted by atomic mass is 9.62. The first-order valence-corrected chi connectivity index (χ1v) is 8.89. The predicted molar refractivity (Wildman–Crippen MR) is 101 cm³/mol. The molecule has 0 saturated heterocycles. The standard InChI is InChI=1S/C23H28O/c1-15-7-9-17(10-8-15)21(24)18-14-20-19(13-16(18)2)22(3,4)11-12-23(20,5)6/h7-10,13-14H,11-12H2,1-6H3. The molecule has 24 heavy (non-hydrogen) atoms. The first-order valence-electron chi connectivity index (χ1n) is 8.89. The average Bonchev–Trinajstić information content (AvgIpc) is 2.52. The molecule has 0 amide bonds. The van der Waals surface area contributed by atoms with E-state index < -0.39 is 0 Å². The van der Waals surface area contributed by atoms with Crippen LogP contribution in [-0.2, 0) is 10.8 Å². The number of aryl methyl sites for hydroxylation is 2. The molecule has 0 spiro atoms. The van der Waals surface area contributed by atoms with Gasteiger partial charge in [0.05, 0.1) is 0 Å². The van der Waals surface area contributed by atoms with Gasteiger partial charge in [-0.05, 0) is 60.3 Å². The Balaban J connectivity index is 2.14. The molecule has 1 nitrogen and oxygen atoms in total. The summed E-state index contributed by atoms with van der Waals surface area (Å²) >= 11 is 0. The lowest BCUT2D eigenvalue weighted by Crippen LogP contribution is -2.34. The van der Waals surface area contributed by atoms with Gasteiger partial charge in [0.2, 0.25) is 0 Å². The van der Waals surface area contributed by atoms with E-state index in [0.29, 0.717) is 0 Å². The van der Waals surface area contributed by atoms with Crippen LogP contribution in [0.5, 0.6) is 0 Å². The highest BCUT2D eigenvalue weighted by atomic mass is 16.1. The molecule has 1 heteroatoms. The van der Waals surface area contributed by atoms with E-state index in [0.717, 1.165) is 23.1 Å². The largest absolute Gasteiger partial charge is 0.289 e. The number of carbonyl (C=O) groups is 1. The van der Waals surface area contributed by atoms with E-state index in [1.165, 1.54) is 23.1 Å². The molecule has 1 aliphatic rings. The molecule has 0 radical (unpaired) electrons. The third-order valence-electron chi connectivity index (χ3n) is 5.76. The molecule has 0 N–H and O–H groups in total. The number of hydrogen-bond acceptors (Lipinski definition) is 1. The van der Waals surface area contributed by atoms with Gasteiger partial charge in [-0.1, -0.05) is 63.6 Å². The van der Waals surface area contributed by atoms with Crippen LogP contribution in [0, 0.1) is 13.8 Å². The van der Waals surface area contributed by atoms with Gasteiger partial charge in [0.25, 0.3) is 0 Å². The van der Waals surface area contributed by atoms with Crippen LogP contribution >= 0.6 is 0 Å². The average molecular weight is 320 g/mol. The smallest absolute Gasteiger partial charge is 0.193 e. The molecule has 0 bridgehead atoms. The third kappa shape index (κ3) is 2.81. The minimum atomic E-state index is 0.126. The van der Waals surface area contributed by atoms with E-state index >= 15 is 0 Å². The minimum absolute atomic E-state index is 0.126. The van der Waals surface area contributed by atoms with Crippen LogP contribution in [0.4, 0.5) is 0 Å². The summed E-state index contributed by atoms with van der Waals surface area (Å²) in [6, 6.07) is 12.3. The van der Waals surface area contributed by atoms with Crippen LogP contribution in [0.25, 0.3) is 0 Å². The fourth-order valence-electron chi connectivity index (χ4n) is 3.83. The van der Waals surface area contributed by atoms with Gasteiger partial charge in [-0.3, -0.25) is 4.79 Å². The fraction of sp³-hybridized carbons (Fsp3) is 0.435. The van der Waals surface area contributed by atoms with Gasteiger partial charge < -0.3 is 0 Å². The summed E-state index contributed by atoms with van der Waals surface area (Å²) in [7, 11) is 0. The maximum atomic E-state index is 13.0. The molecule has 2 aromatic rings. The van der Waals surface area contributed by atoms with Gasteiger partial charge in [0, 0.05) is 11.1 Å². The summed E-state index contributed by atoms with van der Waals surface area (Å²) in [4.78, 5) is 13.0. The molecular formula is C23H28O. The quantitative estimate of drug-likeness (QED) is 0.631. The van der Waals surface area contributed by atoms with Crippen molar-refractivity contribution in [2.75, 3.05) is 0 Å². The normalized spacial score (nSPS) is 18.1. The van der Waals surface area contributed by atoms with Crippen molar-refractivity contribution < 1.29 is 4.79 Å². The van der Waals surface area contributed by atoms with Crippen molar-refractivity contribution in [2.24, 2.45) is 0 Å². The van der Waals surface area contributed by atoms with Crippen LogP contribution in [0.1, 0.15) is 78.7 Å². The molecule has 2 aromatic carbocycles. The molecule has 126 valence electrons. The number of carbonyl (C=O) groups excluding carboxylic acids is 1. The van der Waals surface area contributed by atoms with Crippen LogP contribution < -0.4 is 0 Å². The van der Waals surface area contributed by atoms with Crippen molar-refractivity contribution in [3.8, 4) is 0 Å². The Bertz CT molecular complexity index is 792. The molecular weight excluding hydrogens is 292 g/mol. The van der Waals surface area contributed by atoms with Gasteiger partial charge in [0.1, 0.15) is 0 Å². The second-order valence-corrected chi connectivity index (χ2v) is 8.68. The van der Waals surface area contributed by atoms with Gasteiger partial charge in [-0.2, -0.15) is 0 Å². The summed E-state index contributed by atoms with van der Waals surface area (Å²) in [6.07, 6.45) is 2.35. The van der Waals surface area contributed by atoms with E-state index in [1.54, 1.807) is 0 Å². The highest BCUT2D eigenvalue weighted by Gasteiger charge is 2.37. The Kier molecular flexibility index (Phi) is 3.94. The van der Waals surface area contributed by atoms with Gasteiger partial charge in [0.15, 0.2) is 5.78 Å². The lowest BCUT2D eigenvalue weighted by Gasteiger charge is -2.42. The molecule has 0 atom stereocenters. The molecule has 0 aromatic heterocycles. The van der Waals surface area contributed by atoms with E-state index in [4.69, 9.17) is 0 Å². The van der Waals surface area contributed by atoms with Crippen molar-refractivity contribution in [3.05, 3.63) is 69.8 Å². The zero-order valence-corrected chi connectivity index (χ0v) is 15.8. The Labute approximate surface area is 146 Å². The Morgan fingerprint density at radius 2 is 1.33 bits per heavy atom. The molecule has 3 rings (SSSR count). The van der Waals surface area contributed by atoms with Crippen LogP contribution in [0.2, 0.25) is 0 Å². The first kappa shape index (κ1) is 17.0. The van der Waals surface area contributed by atoms with E-state index in [-0.39, 0.29) is 16.6 Å². The van der Waals surface area contributed by atoms with Crippen LogP contribution in [0.3, 0.4) is 0 Å². The van der Waals surface area contributed by atoms with Crippen molar-refractivity contribution in [1.29, 1.82) is 0 Å². The zero-order valence-electron chi connectivity index (χ0n) is 15.8. The fourth-order valence-corrected chi connectivity index (χ4v) is 3.83. The van der Waals surface area contributed by atoms with Crippen LogP contribution in [-0.4, -0.2) is 5.78 Å². The highest BCUT2D eigenvalue weighted by Crippen LogP contribution is 2.46. The topological polar surface area (TPSA) is 17.1 Å². The minimum Gasteiger partial charge on any atom is -0.289 e. The first-order chi connectivity index (χ1) is 11.1. The van der Waals surface area contributed by atoms with Crippen molar-refractivity contribution in [2.45, 2.75) is 65.2 Å². The van der Waals surface area contributed by atoms with Gasteiger partial charge in [-0.15, -0.1) is 0 Å². The summed E-state index contributed by atoms with van der Waals surface area (Å²) < 4.78 is 0. The van der Waals surface area contributed by atoms with E-state index in [1.807, 2.05) is 31.2 Å². The molecule has 0 unspecified atom stereocenters.